The van der Waals surface area contributed by atoms with Crippen LogP contribution in [0.3, 0.4) is 0 Å². The van der Waals surface area contributed by atoms with Gasteiger partial charge in [0.05, 0.1) is 11.3 Å². The lowest BCUT2D eigenvalue weighted by atomic mass is 10.2. The van der Waals surface area contributed by atoms with Crippen molar-refractivity contribution in [3.8, 4) is 0 Å². The number of hydrogen-bond acceptors (Lipinski definition) is 5. The fraction of sp³-hybridized carbons (Fsp3) is 0.500. The molecule has 1 heterocycles. The highest BCUT2D eigenvalue weighted by Gasteiger charge is 2.27. The van der Waals surface area contributed by atoms with E-state index in [2.05, 4.69) is 5.32 Å². The highest BCUT2D eigenvalue weighted by atomic mass is 32.2. The second kappa shape index (κ2) is 5.75. The van der Waals surface area contributed by atoms with Crippen molar-refractivity contribution in [3.05, 3.63) is 23.8 Å². The Hall–Kier alpha value is -1.44. The molecule has 0 bridgehead atoms. The van der Waals surface area contributed by atoms with Crippen LogP contribution in [0.5, 0.6) is 0 Å². The number of rotatable bonds is 5. The predicted octanol–water partition coefficient (Wildman–Crippen LogP) is 1.92. The molecule has 0 saturated carbocycles. The van der Waals surface area contributed by atoms with Crippen molar-refractivity contribution in [1.29, 1.82) is 0 Å². The first-order valence-corrected chi connectivity index (χ1v) is 8.27. The molecule has 1 aromatic carbocycles. The molecule has 116 valence electrons. The van der Waals surface area contributed by atoms with Crippen molar-refractivity contribution in [2.24, 2.45) is 0 Å². The smallest absolute Gasteiger partial charge is 0.313 e. The molecule has 0 fully saturated rings. The minimum atomic E-state index is -3.90. The monoisotopic (exact) mass is 312 g/mol. The van der Waals surface area contributed by atoms with E-state index in [1.165, 1.54) is 17.2 Å². The van der Waals surface area contributed by atoms with E-state index in [0.717, 1.165) is 0 Å². The zero-order chi connectivity index (χ0) is 15.8. The van der Waals surface area contributed by atoms with Gasteiger partial charge in [0.15, 0.2) is 0 Å². The molecule has 0 radical (unpaired) electrons. The largest absolute Gasteiger partial charge is 0.326 e. The fourth-order valence-corrected chi connectivity index (χ4v) is 3.46. The number of hydroxylamine groups is 2. The maximum Gasteiger partial charge on any atom is 0.313 e. The van der Waals surface area contributed by atoms with Crippen molar-refractivity contribution in [1.82, 2.24) is 5.06 Å². The number of nitrogens with one attached hydrogen (secondary N) is 1. The highest BCUT2D eigenvalue weighted by Crippen LogP contribution is 2.27. The van der Waals surface area contributed by atoms with E-state index in [-0.39, 0.29) is 29.3 Å². The van der Waals surface area contributed by atoms with Crippen molar-refractivity contribution < 1.29 is 17.5 Å². The van der Waals surface area contributed by atoms with Crippen LogP contribution in [0, 0.1) is 0 Å². The van der Waals surface area contributed by atoms with Crippen LogP contribution >= 0.6 is 0 Å². The fourth-order valence-electron chi connectivity index (χ4n) is 2.29. The van der Waals surface area contributed by atoms with Crippen molar-refractivity contribution in [3.63, 3.8) is 0 Å². The topological polar surface area (TPSA) is 75.7 Å². The van der Waals surface area contributed by atoms with Gasteiger partial charge in [-0.3, -0.25) is 4.79 Å². The number of benzene rings is 1. The number of nitrogens with zero attached hydrogens (tertiary/aromatic N) is 1. The molecular weight excluding hydrogens is 292 g/mol. The summed E-state index contributed by atoms with van der Waals surface area (Å²) in [6, 6.07) is 4.38. The quantitative estimate of drug-likeness (QED) is 0.841. The van der Waals surface area contributed by atoms with E-state index in [9.17, 15) is 13.2 Å². The van der Waals surface area contributed by atoms with Gasteiger partial charge in [-0.2, -0.15) is 17.8 Å². The van der Waals surface area contributed by atoms with Crippen LogP contribution in [0.25, 0.3) is 0 Å². The highest BCUT2D eigenvalue weighted by molar-refractivity contribution is 7.86. The minimum absolute atomic E-state index is 0.0593. The maximum atomic E-state index is 12.4. The van der Waals surface area contributed by atoms with E-state index in [0.29, 0.717) is 11.3 Å². The van der Waals surface area contributed by atoms with E-state index in [1.54, 1.807) is 6.07 Å². The Kier molecular flexibility index (Phi) is 4.36. The van der Waals surface area contributed by atoms with Crippen LogP contribution in [0.4, 0.5) is 5.69 Å². The number of carbonyl (C=O) groups is 1. The Morgan fingerprint density at radius 2 is 1.81 bits per heavy atom. The summed E-state index contributed by atoms with van der Waals surface area (Å²) >= 11 is 0. The Balaban J connectivity index is 2.28. The van der Waals surface area contributed by atoms with Crippen LogP contribution in [-0.2, 0) is 25.6 Å². The molecule has 0 aliphatic carbocycles. The molecule has 2 rings (SSSR count). The van der Waals surface area contributed by atoms with E-state index < -0.39 is 10.1 Å². The molecule has 1 N–H and O–H groups in total. The Labute approximate surface area is 125 Å². The summed E-state index contributed by atoms with van der Waals surface area (Å²) in [5.74, 6) is -0.133. The average molecular weight is 312 g/mol. The van der Waals surface area contributed by atoms with E-state index >= 15 is 0 Å². The lowest BCUT2D eigenvalue weighted by Gasteiger charge is -2.28. The molecule has 0 unspecified atom stereocenters. The van der Waals surface area contributed by atoms with Gasteiger partial charge in [0, 0.05) is 17.8 Å². The van der Waals surface area contributed by atoms with Gasteiger partial charge in [-0.05, 0) is 51.5 Å². The molecule has 0 saturated heterocycles. The number of amides is 1. The summed E-state index contributed by atoms with van der Waals surface area (Å²) < 4.78 is 30.0. The first kappa shape index (κ1) is 15.9. The predicted molar refractivity (Wildman–Crippen MR) is 79.2 cm³/mol. The summed E-state index contributed by atoms with van der Waals surface area (Å²) in [7, 11) is -3.90. The lowest BCUT2D eigenvalue weighted by Crippen LogP contribution is -2.38. The van der Waals surface area contributed by atoms with Gasteiger partial charge in [-0.1, -0.05) is 0 Å². The number of anilines is 1. The summed E-state index contributed by atoms with van der Waals surface area (Å²) in [4.78, 5) is 11.4. The van der Waals surface area contributed by atoms with Gasteiger partial charge in [0.25, 0.3) is 0 Å². The maximum absolute atomic E-state index is 12.4. The third kappa shape index (κ3) is 3.42. The van der Waals surface area contributed by atoms with Crippen molar-refractivity contribution in [2.75, 3.05) is 5.32 Å². The summed E-state index contributed by atoms with van der Waals surface area (Å²) in [5, 5.41) is 4.10. The Morgan fingerprint density at radius 3 is 2.38 bits per heavy atom. The number of fused-ring (bicyclic) bond motifs is 1. The van der Waals surface area contributed by atoms with Crippen LogP contribution in [0.1, 0.15) is 33.3 Å². The standard InChI is InChI=1S/C14H20N2O4S/c1-9(2)16(10(3)4)20-21(18,19)12-5-6-13-11(7-12)8-14(17)15-13/h5-7,9-10H,8H2,1-4H3,(H,15,17). The molecule has 7 heteroatoms. The van der Waals surface area contributed by atoms with Crippen LogP contribution in [0.15, 0.2) is 23.1 Å². The third-order valence-electron chi connectivity index (χ3n) is 3.19. The summed E-state index contributed by atoms with van der Waals surface area (Å²) in [5.41, 5.74) is 1.33. The van der Waals surface area contributed by atoms with Gasteiger partial charge < -0.3 is 5.32 Å². The van der Waals surface area contributed by atoms with Crippen LogP contribution < -0.4 is 5.32 Å². The zero-order valence-corrected chi connectivity index (χ0v) is 13.4. The van der Waals surface area contributed by atoms with Crippen LogP contribution in [0.2, 0.25) is 0 Å². The first-order chi connectivity index (χ1) is 9.70. The molecule has 0 atom stereocenters. The molecular formula is C14H20N2O4S. The first-order valence-electron chi connectivity index (χ1n) is 6.86. The van der Waals surface area contributed by atoms with Gasteiger partial charge in [0.2, 0.25) is 5.91 Å². The average Bonchev–Trinajstić information content (AvgIpc) is 2.74. The lowest BCUT2D eigenvalue weighted by molar-refractivity contribution is -0.115. The second-order valence-corrected chi connectivity index (χ2v) is 7.15. The Morgan fingerprint density at radius 1 is 1.19 bits per heavy atom. The van der Waals surface area contributed by atoms with Gasteiger partial charge in [-0.15, -0.1) is 0 Å². The molecule has 0 spiro atoms. The summed E-state index contributed by atoms with van der Waals surface area (Å²) in [6.07, 6.45) is 0.191. The molecule has 1 aliphatic heterocycles. The third-order valence-corrected chi connectivity index (χ3v) is 4.39. The number of carbonyl (C=O) groups excluding carboxylic acids is 1. The Bertz CT molecular complexity index is 645. The van der Waals surface area contributed by atoms with Crippen LogP contribution in [-0.4, -0.2) is 31.5 Å². The molecule has 1 amide bonds. The second-order valence-electron chi connectivity index (χ2n) is 5.62. The minimum Gasteiger partial charge on any atom is -0.326 e. The molecule has 1 aromatic rings. The van der Waals surface area contributed by atoms with Gasteiger partial charge in [-0.25, -0.2) is 0 Å². The molecule has 0 aromatic heterocycles. The van der Waals surface area contributed by atoms with Gasteiger partial charge in [0.1, 0.15) is 0 Å². The molecule has 1 aliphatic rings. The van der Waals surface area contributed by atoms with Crippen molar-refractivity contribution in [2.45, 2.75) is 51.1 Å². The zero-order valence-electron chi connectivity index (χ0n) is 12.6. The normalized spacial score (nSPS) is 14.9. The van der Waals surface area contributed by atoms with E-state index in [4.69, 9.17) is 4.28 Å². The molecule has 21 heavy (non-hydrogen) atoms. The SMILES string of the molecule is CC(C)N(OS(=O)(=O)c1ccc2c(c1)CC(=O)N2)C(C)C. The molecule has 6 nitrogen and oxygen atoms in total. The van der Waals surface area contributed by atoms with E-state index in [1.807, 2.05) is 27.7 Å². The van der Waals surface area contributed by atoms with Crippen molar-refractivity contribution >= 4 is 21.7 Å². The van der Waals surface area contributed by atoms with Gasteiger partial charge >= 0.3 is 10.1 Å². The number of hydrogen-bond donors (Lipinski definition) is 1. The summed E-state index contributed by atoms with van der Waals surface area (Å²) in [6.45, 7) is 7.45.